The molecule has 0 radical (unpaired) electrons. The molecule has 14 heteroatoms. The van der Waals surface area contributed by atoms with Crippen LogP contribution in [0.15, 0.2) is 47.6 Å². The Kier molecular flexibility index (Phi) is 8.54. The zero-order chi connectivity index (χ0) is 33.8. The molecule has 0 saturated carbocycles. The van der Waals surface area contributed by atoms with Crippen LogP contribution >= 0.6 is 0 Å². The number of carbonyl (C=O) groups is 1. The van der Waals surface area contributed by atoms with Crippen LogP contribution in [0.2, 0.25) is 0 Å². The summed E-state index contributed by atoms with van der Waals surface area (Å²) in [5.74, 6) is -3.49. The third-order valence-electron chi connectivity index (χ3n) is 9.53. The number of pyridine rings is 2. The molecule has 1 N–H and O–H groups in total. The number of rotatable bonds is 7. The standard InChI is InChI=1S/C33H37F3N6O4S/c1-5-25-26(11-13-42-29(25)38-39-32(42)33(34,35)36)28(21(4)31(43)44)22-10-9-20(3)23(15-22)17-40-18-24-8-6-7-12-41(24)30-27(47(40,45)46)14-19(2)16-37-30/h9-11,13-16,21,24,28H,5-8,12,17-18H2,1-4H3,(H,43,44)/t21-,24-,28?/m0/s1. The second-order valence-corrected chi connectivity index (χ2v) is 14.5. The molecule has 5 heterocycles. The first kappa shape index (κ1) is 32.9. The van der Waals surface area contributed by atoms with Gasteiger partial charge in [-0.15, -0.1) is 10.2 Å². The normalized spacial score (nSPS) is 19.6. The first-order valence-corrected chi connectivity index (χ1v) is 17.2. The molecule has 0 aliphatic carbocycles. The summed E-state index contributed by atoms with van der Waals surface area (Å²) in [6, 6.07) is 8.63. The van der Waals surface area contributed by atoms with Crippen LogP contribution in [0.3, 0.4) is 0 Å². The average molecular weight is 671 g/mol. The van der Waals surface area contributed by atoms with Crippen LogP contribution in [0.25, 0.3) is 5.65 Å². The van der Waals surface area contributed by atoms with Gasteiger partial charge in [-0.25, -0.2) is 13.4 Å². The molecule has 0 spiro atoms. The summed E-state index contributed by atoms with van der Waals surface area (Å²) in [5.41, 5.74) is 3.90. The van der Waals surface area contributed by atoms with Gasteiger partial charge < -0.3 is 10.0 Å². The minimum Gasteiger partial charge on any atom is -0.481 e. The van der Waals surface area contributed by atoms with Crippen LogP contribution in [-0.4, -0.2) is 62.5 Å². The number of fused-ring (bicyclic) bond motifs is 4. The Morgan fingerprint density at radius 2 is 1.89 bits per heavy atom. The second kappa shape index (κ2) is 12.2. The number of halogens is 3. The smallest absolute Gasteiger partial charge is 0.452 e. The summed E-state index contributed by atoms with van der Waals surface area (Å²) < 4.78 is 71.8. The van der Waals surface area contributed by atoms with Crippen molar-refractivity contribution < 1.29 is 31.5 Å². The number of carboxylic acids is 1. The number of nitrogens with zero attached hydrogens (tertiary/aromatic N) is 6. The van der Waals surface area contributed by atoms with E-state index in [0.717, 1.165) is 41.3 Å². The van der Waals surface area contributed by atoms with Crippen LogP contribution in [0.1, 0.15) is 78.2 Å². The fourth-order valence-electron chi connectivity index (χ4n) is 7.03. The summed E-state index contributed by atoms with van der Waals surface area (Å²) >= 11 is 0. The molecule has 10 nitrogen and oxygen atoms in total. The molecule has 47 heavy (non-hydrogen) atoms. The molecular weight excluding hydrogens is 633 g/mol. The number of carboxylic acid groups (broad SMARTS) is 1. The monoisotopic (exact) mass is 670 g/mol. The number of alkyl halides is 3. The zero-order valence-electron chi connectivity index (χ0n) is 26.6. The lowest BCUT2D eigenvalue weighted by Crippen LogP contribution is -2.45. The van der Waals surface area contributed by atoms with Crippen molar-refractivity contribution in [3.63, 3.8) is 0 Å². The van der Waals surface area contributed by atoms with E-state index in [1.807, 2.05) is 26.0 Å². The highest BCUT2D eigenvalue weighted by Crippen LogP contribution is 2.40. The van der Waals surface area contributed by atoms with E-state index in [2.05, 4.69) is 20.1 Å². The molecular formula is C33H37F3N6O4S. The Bertz CT molecular complexity index is 1960. The van der Waals surface area contributed by atoms with Gasteiger partial charge in [0.05, 0.1) is 5.92 Å². The van der Waals surface area contributed by atoms with Crippen LogP contribution < -0.4 is 4.90 Å². The fourth-order valence-corrected chi connectivity index (χ4v) is 8.72. The van der Waals surface area contributed by atoms with E-state index in [1.165, 1.54) is 16.6 Å². The largest absolute Gasteiger partial charge is 0.481 e. The molecule has 250 valence electrons. The number of aliphatic carboxylic acids is 1. The Labute approximate surface area is 271 Å². The second-order valence-electron chi connectivity index (χ2n) is 12.6. The lowest BCUT2D eigenvalue weighted by Gasteiger charge is -2.36. The van der Waals surface area contributed by atoms with Crippen LogP contribution in [0.4, 0.5) is 19.0 Å². The van der Waals surface area contributed by atoms with Gasteiger partial charge in [0.15, 0.2) is 5.65 Å². The molecule has 3 atom stereocenters. The molecule has 1 saturated heterocycles. The van der Waals surface area contributed by atoms with Crippen molar-refractivity contribution in [2.45, 2.75) is 83.0 Å². The van der Waals surface area contributed by atoms with Gasteiger partial charge >= 0.3 is 12.1 Å². The summed E-state index contributed by atoms with van der Waals surface area (Å²) in [4.78, 5) is 19.3. The first-order valence-electron chi connectivity index (χ1n) is 15.7. The lowest BCUT2D eigenvalue weighted by molar-refractivity contribution is -0.145. The summed E-state index contributed by atoms with van der Waals surface area (Å²) in [6.07, 6.45) is 1.26. The summed E-state index contributed by atoms with van der Waals surface area (Å²) in [5, 5.41) is 17.4. The molecule has 2 aliphatic heterocycles. The molecule has 6 rings (SSSR count). The number of piperidine rings is 1. The van der Waals surface area contributed by atoms with E-state index >= 15 is 0 Å². The SMILES string of the molecule is CCc1c(C(c2ccc(C)c(CN3C[C@@H]4CCCCN4c4ncc(C)cc4S3(=O)=O)c2)[C@H](C)C(=O)O)ccn2c(C(F)(F)F)nnc12. The molecule has 1 unspecified atom stereocenters. The fraction of sp³-hybridized carbons (Fsp3) is 0.455. The van der Waals surface area contributed by atoms with Crippen molar-refractivity contribution in [1.29, 1.82) is 0 Å². The molecule has 1 aromatic carbocycles. The van der Waals surface area contributed by atoms with E-state index < -0.39 is 39.8 Å². The predicted octanol–water partition coefficient (Wildman–Crippen LogP) is 5.74. The lowest BCUT2D eigenvalue weighted by atomic mass is 9.79. The van der Waals surface area contributed by atoms with E-state index in [4.69, 9.17) is 0 Å². The van der Waals surface area contributed by atoms with E-state index in [1.54, 1.807) is 32.2 Å². The van der Waals surface area contributed by atoms with Crippen molar-refractivity contribution in [1.82, 2.24) is 23.9 Å². The minimum absolute atomic E-state index is 0.0162. The predicted molar refractivity (Wildman–Crippen MR) is 169 cm³/mol. The quantitative estimate of drug-likeness (QED) is 0.265. The molecule has 3 aromatic heterocycles. The van der Waals surface area contributed by atoms with Crippen molar-refractivity contribution >= 4 is 27.5 Å². The number of aryl methyl sites for hydroxylation is 3. The van der Waals surface area contributed by atoms with Gasteiger partial charge in [0, 0.05) is 49.6 Å². The number of benzene rings is 1. The number of aromatic nitrogens is 4. The van der Waals surface area contributed by atoms with Crippen molar-refractivity contribution in [3.8, 4) is 0 Å². The highest BCUT2D eigenvalue weighted by molar-refractivity contribution is 7.89. The Hall–Kier alpha value is -4.04. The van der Waals surface area contributed by atoms with Gasteiger partial charge in [0.25, 0.3) is 0 Å². The van der Waals surface area contributed by atoms with E-state index in [9.17, 15) is 31.5 Å². The number of anilines is 1. The maximum absolute atomic E-state index is 14.2. The zero-order valence-corrected chi connectivity index (χ0v) is 27.4. The molecule has 0 bridgehead atoms. The Morgan fingerprint density at radius 1 is 1.13 bits per heavy atom. The Morgan fingerprint density at radius 3 is 2.60 bits per heavy atom. The minimum atomic E-state index is -4.72. The van der Waals surface area contributed by atoms with Gasteiger partial charge in [-0.2, -0.15) is 17.5 Å². The first-order chi connectivity index (χ1) is 22.2. The topological polar surface area (TPSA) is 121 Å². The van der Waals surface area contributed by atoms with Gasteiger partial charge in [-0.3, -0.25) is 9.20 Å². The molecule has 4 aromatic rings. The van der Waals surface area contributed by atoms with Crippen LogP contribution in [0.5, 0.6) is 0 Å². The van der Waals surface area contributed by atoms with Gasteiger partial charge in [0.2, 0.25) is 15.8 Å². The van der Waals surface area contributed by atoms with Crippen LogP contribution in [0, 0.1) is 19.8 Å². The van der Waals surface area contributed by atoms with Gasteiger partial charge in [-0.05, 0) is 79.5 Å². The van der Waals surface area contributed by atoms with Crippen molar-refractivity contribution in [3.05, 3.63) is 81.9 Å². The van der Waals surface area contributed by atoms with E-state index in [0.29, 0.717) is 28.1 Å². The van der Waals surface area contributed by atoms with Gasteiger partial charge in [0.1, 0.15) is 10.7 Å². The third-order valence-corrected chi connectivity index (χ3v) is 11.3. The Balaban J connectivity index is 1.45. The number of hydrogen-bond donors (Lipinski definition) is 1. The average Bonchev–Trinajstić information content (AvgIpc) is 3.44. The number of hydrogen-bond acceptors (Lipinski definition) is 7. The van der Waals surface area contributed by atoms with E-state index in [-0.39, 0.29) is 36.1 Å². The highest BCUT2D eigenvalue weighted by Gasteiger charge is 2.40. The highest BCUT2D eigenvalue weighted by atomic mass is 32.2. The molecule has 1 fully saturated rings. The number of sulfonamides is 1. The maximum Gasteiger partial charge on any atom is 0.452 e. The summed E-state index contributed by atoms with van der Waals surface area (Å²) in [6.45, 7) is 8.09. The van der Waals surface area contributed by atoms with Gasteiger partial charge in [-0.1, -0.05) is 32.0 Å². The third kappa shape index (κ3) is 5.86. The molecule has 0 amide bonds. The van der Waals surface area contributed by atoms with Crippen molar-refractivity contribution in [2.24, 2.45) is 5.92 Å². The van der Waals surface area contributed by atoms with Crippen LogP contribution in [-0.2, 0) is 34.0 Å². The summed E-state index contributed by atoms with van der Waals surface area (Å²) in [7, 11) is -3.95. The maximum atomic E-state index is 14.2. The van der Waals surface area contributed by atoms with Crippen molar-refractivity contribution in [2.75, 3.05) is 18.0 Å². The molecule has 2 aliphatic rings.